The van der Waals surface area contributed by atoms with Gasteiger partial charge < -0.3 is 4.74 Å². The quantitative estimate of drug-likeness (QED) is 0.727. The van der Waals surface area contributed by atoms with Crippen molar-refractivity contribution in [2.24, 2.45) is 11.8 Å². The van der Waals surface area contributed by atoms with Crippen molar-refractivity contribution in [3.05, 3.63) is 35.4 Å². The summed E-state index contributed by atoms with van der Waals surface area (Å²) in [4.78, 5) is 2.72. The van der Waals surface area contributed by atoms with E-state index < -0.39 is 0 Å². The minimum Gasteiger partial charge on any atom is -0.381 e. The molecular weight excluding hydrogens is 210 g/mol. The van der Waals surface area contributed by atoms with E-state index in [4.69, 9.17) is 4.74 Å². The van der Waals surface area contributed by atoms with Crippen LogP contribution < -0.4 is 0 Å². The molecule has 0 N–H and O–H groups in total. The van der Waals surface area contributed by atoms with Crippen molar-refractivity contribution in [2.45, 2.75) is 18.9 Å². The number of hydrogen-bond donors (Lipinski definition) is 0. The minimum absolute atomic E-state index is 0.762. The predicted octanol–water partition coefficient (Wildman–Crippen LogP) is 1.73. The van der Waals surface area contributed by atoms with E-state index in [0.717, 1.165) is 31.1 Å². The molecule has 2 atom stereocenters. The third kappa shape index (κ3) is 1.62. The highest BCUT2D eigenvalue weighted by Crippen LogP contribution is 2.34. The van der Waals surface area contributed by atoms with E-state index in [-0.39, 0.29) is 0 Å². The van der Waals surface area contributed by atoms with Gasteiger partial charge in [0.2, 0.25) is 0 Å². The van der Waals surface area contributed by atoms with Crippen LogP contribution in [0.3, 0.4) is 0 Å². The number of nitrogens with zero attached hydrogens (tertiary/aromatic N) is 1. The molecule has 1 aliphatic carbocycles. The van der Waals surface area contributed by atoms with Crippen molar-refractivity contribution in [2.75, 3.05) is 26.3 Å². The van der Waals surface area contributed by atoms with Crippen molar-refractivity contribution < 1.29 is 4.74 Å². The second kappa shape index (κ2) is 3.82. The number of rotatable bonds is 1. The van der Waals surface area contributed by atoms with Gasteiger partial charge in [-0.3, -0.25) is 4.90 Å². The fourth-order valence-corrected chi connectivity index (χ4v) is 3.82. The van der Waals surface area contributed by atoms with Gasteiger partial charge in [0.25, 0.3) is 0 Å². The molecule has 4 rings (SSSR count). The molecule has 2 aliphatic heterocycles. The Balaban J connectivity index is 1.49. The maximum atomic E-state index is 5.56. The highest BCUT2D eigenvalue weighted by molar-refractivity contribution is 5.33. The van der Waals surface area contributed by atoms with E-state index in [1.165, 1.54) is 25.9 Å². The molecular formula is C15H19NO. The Morgan fingerprint density at radius 1 is 0.941 bits per heavy atom. The maximum Gasteiger partial charge on any atom is 0.0510 e. The molecule has 0 spiro atoms. The van der Waals surface area contributed by atoms with Gasteiger partial charge in [0.1, 0.15) is 0 Å². The van der Waals surface area contributed by atoms with Gasteiger partial charge in [-0.25, -0.2) is 0 Å². The van der Waals surface area contributed by atoms with Gasteiger partial charge in [-0.05, 0) is 24.0 Å². The molecule has 2 heterocycles. The van der Waals surface area contributed by atoms with Crippen LogP contribution in [0, 0.1) is 11.8 Å². The average molecular weight is 229 g/mol. The smallest absolute Gasteiger partial charge is 0.0510 e. The maximum absolute atomic E-state index is 5.56. The van der Waals surface area contributed by atoms with E-state index in [2.05, 4.69) is 29.2 Å². The molecule has 0 saturated carbocycles. The topological polar surface area (TPSA) is 12.5 Å². The first-order valence-corrected chi connectivity index (χ1v) is 6.79. The number of fused-ring (bicyclic) bond motifs is 2. The summed E-state index contributed by atoms with van der Waals surface area (Å²) in [7, 11) is 0. The summed E-state index contributed by atoms with van der Waals surface area (Å²) in [6, 6.07) is 9.71. The van der Waals surface area contributed by atoms with E-state index in [1.54, 1.807) is 11.1 Å². The zero-order valence-electron chi connectivity index (χ0n) is 10.1. The molecule has 1 aromatic carbocycles. The van der Waals surface area contributed by atoms with Crippen molar-refractivity contribution >= 4 is 0 Å². The van der Waals surface area contributed by atoms with Gasteiger partial charge in [-0.15, -0.1) is 0 Å². The van der Waals surface area contributed by atoms with Crippen LogP contribution in [-0.4, -0.2) is 37.2 Å². The first-order valence-electron chi connectivity index (χ1n) is 6.79. The summed E-state index contributed by atoms with van der Waals surface area (Å²) in [5.41, 5.74) is 3.15. The Morgan fingerprint density at radius 3 is 2.12 bits per heavy atom. The number of benzene rings is 1. The summed E-state index contributed by atoms with van der Waals surface area (Å²) in [5.74, 6) is 1.64. The Morgan fingerprint density at radius 2 is 1.53 bits per heavy atom. The van der Waals surface area contributed by atoms with E-state index in [9.17, 15) is 0 Å². The predicted molar refractivity (Wildman–Crippen MR) is 67.0 cm³/mol. The molecule has 1 unspecified atom stereocenters. The zero-order valence-corrected chi connectivity index (χ0v) is 10.1. The van der Waals surface area contributed by atoms with Crippen LogP contribution in [0.25, 0.3) is 0 Å². The summed E-state index contributed by atoms with van der Waals surface area (Å²) < 4.78 is 5.56. The van der Waals surface area contributed by atoms with Crippen molar-refractivity contribution in [1.82, 2.24) is 4.90 Å². The average Bonchev–Trinajstić information content (AvgIpc) is 3.01. The Kier molecular flexibility index (Phi) is 2.27. The normalized spacial score (nSPS) is 32.9. The van der Waals surface area contributed by atoms with Crippen molar-refractivity contribution in [1.29, 1.82) is 0 Å². The molecule has 1 aromatic rings. The summed E-state index contributed by atoms with van der Waals surface area (Å²) >= 11 is 0. The van der Waals surface area contributed by atoms with E-state index >= 15 is 0 Å². The fraction of sp³-hybridized carbons (Fsp3) is 0.600. The molecule has 2 saturated heterocycles. The molecule has 0 bridgehead atoms. The Hall–Kier alpha value is -0.860. The van der Waals surface area contributed by atoms with Crippen LogP contribution in [0.1, 0.15) is 11.1 Å². The molecule has 0 radical (unpaired) electrons. The monoisotopic (exact) mass is 229 g/mol. The first-order chi connectivity index (χ1) is 8.40. The number of ether oxygens (including phenoxy) is 1. The van der Waals surface area contributed by atoms with Gasteiger partial charge in [0.15, 0.2) is 0 Å². The molecule has 2 heteroatoms. The van der Waals surface area contributed by atoms with Crippen molar-refractivity contribution in [3.8, 4) is 0 Å². The third-order valence-corrected chi connectivity index (χ3v) is 4.81. The molecule has 17 heavy (non-hydrogen) atoms. The Labute approximate surface area is 103 Å². The Bertz CT molecular complexity index is 394. The molecule has 90 valence electrons. The summed E-state index contributed by atoms with van der Waals surface area (Å²) in [5, 5.41) is 0. The lowest BCUT2D eigenvalue weighted by atomic mass is 10.0. The molecule has 0 amide bonds. The largest absolute Gasteiger partial charge is 0.381 e. The second-order valence-electron chi connectivity index (χ2n) is 5.84. The van der Waals surface area contributed by atoms with Gasteiger partial charge in [0.05, 0.1) is 13.2 Å². The lowest BCUT2D eigenvalue weighted by molar-refractivity contribution is 0.140. The van der Waals surface area contributed by atoms with Gasteiger partial charge in [0, 0.05) is 31.0 Å². The van der Waals surface area contributed by atoms with Crippen LogP contribution in [-0.2, 0) is 17.6 Å². The van der Waals surface area contributed by atoms with Gasteiger partial charge >= 0.3 is 0 Å². The third-order valence-electron chi connectivity index (χ3n) is 4.81. The highest BCUT2D eigenvalue weighted by Gasteiger charge is 2.40. The van der Waals surface area contributed by atoms with E-state index in [0.29, 0.717) is 0 Å². The van der Waals surface area contributed by atoms with E-state index in [1.807, 2.05) is 0 Å². The lowest BCUT2D eigenvalue weighted by Gasteiger charge is -2.24. The lowest BCUT2D eigenvalue weighted by Crippen LogP contribution is -2.35. The van der Waals surface area contributed by atoms with Crippen LogP contribution in [0.4, 0.5) is 0 Å². The summed E-state index contributed by atoms with van der Waals surface area (Å²) in [6.07, 6.45) is 2.52. The highest BCUT2D eigenvalue weighted by atomic mass is 16.5. The van der Waals surface area contributed by atoms with Crippen molar-refractivity contribution in [3.63, 3.8) is 0 Å². The first kappa shape index (κ1) is 10.1. The minimum atomic E-state index is 0.762. The SMILES string of the molecule is c1ccc2c(c1)CC(N1CC3COC[C@@H]3C1)C2. The second-order valence-corrected chi connectivity index (χ2v) is 5.84. The van der Waals surface area contributed by atoms with Crippen LogP contribution in [0.5, 0.6) is 0 Å². The van der Waals surface area contributed by atoms with Gasteiger partial charge in [-0.2, -0.15) is 0 Å². The fourth-order valence-electron chi connectivity index (χ4n) is 3.82. The zero-order chi connectivity index (χ0) is 11.2. The number of likely N-dealkylation sites (tertiary alicyclic amines) is 1. The molecule has 3 aliphatic rings. The van der Waals surface area contributed by atoms with Crippen LogP contribution in [0.2, 0.25) is 0 Å². The van der Waals surface area contributed by atoms with Crippen LogP contribution in [0.15, 0.2) is 24.3 Å². The van der Waals surface area contributed by atoms with Gasteiger partial charge in [-0.1, -0.05) is 24.3 Å². The van der Waals surface area contributed by atoms with Crippen LogP contribution >= 0.6 is 0 Å². The number of hydrogen-bond acceptors (Lipinski definition) is 2. The molecule has 0 aromatic heterocycles. The molecule has 2 nitrogen and oxygen atoms in total. The molecule has 2 fully saturated rings. The summed E-state index contributed by atoms with van der Waals surface area (Å²) in [6.45, 7) is 4.54. The standard InChI is InChI=1S/C15H19NO/c1-2-4-12-6-15(5-11(12)3-1)16-7-13-9-17-10-14(13)8-16/h1-4,13-15H,5-10H2/t13-,14?/m0/s1.